The quantitative estimate of drug-likeness (QED) is 0.740. The fraction of sp³-hybridized carbons (Fsp3) is 0.533. The van der Waals surface area contributed by atoms with Gasteiger partial charge < -0.3 is 0 Å². The maximum atomic E-state index is 13.1. The molecule has 0 aromatic heterocycles. The van der Waals surface area contributed by atoms with Gasteiger partial charge in [-0.15, -0.1) is 0 Å². The highest BCUT2D eigenvalue weighted by molar-refractivity contribution is 7.58. The standard InChI is InChI=1S/C15H25FN3O2P/c1-14(2,3)18-22(21,19-15(4,5)6)17-13(20)11-7-9-12(16)10-8-11/h7-10H,1-6H3,(H3,17,18,19,20,21). The Kier molecular flexibility index (Phi) is 5.55. The summed E-state index contributed by atoms with van der Waals surface area (Å²) in [4.78, 5) is 12.3. The molecule has 1 amide bonds. The lowest BCUT2D eigenvalue weighted by atomic mass is 10.1. The Morgan fingerprint density at radius 3 is 1.73 bits per heavy atom. The minimum atomic E-state index is -3.39. The first kappa shape index (κ1) is 18.8. The van der Waals surface area contributed by atoms with Crippen LogP contribution in [0.15, 0.2) is 24.3 Å². The average Bonchev–Trinajstić information content (AvgIpc) is 2.23. The number of halogens is 1. The zero-order valence-corrected chi connectivity index (χ0v) is 14.8. The summed E-state index contributed by atoms with van der Waals surface area (Å²) in [5.41, 5.74) is -0.693. The maximum absolute atomic E-state index is 13.1. The van der Waals surface area contributed by atoms with Crippen molar-refractivity contribution >= 4 is 13.5 Å². The van der Waals surface area contributed by atoms with E-state index in [2.05, 4.69) is 15.3 Å². The Balaban J connectivity index is 3.00. The van der Waals surface area contributed by atoms with E-state index in [1.165, 1.54) is 24.3 Å². The summed E-state index contributed by atoms with van der Waals surface area (Å²) < 4.78 is 26.0. The second-order valence-electron chi connectivity index (χ2n) is 7.28. The van der Waals surface area contributed by atoms with Crippen LogP contribution >= 0.6 is 7.59 Å². The van der Waals surface area contributed by atoms with Crippen LogP contribution in [0.3, 0.4) is 0 Å². The van der Waals surface area contributed by atoms with E-state index in [-0.39, 0.29) is 5.56 Å². The van der Waals surface area contributed by atoms with Gasteiger partial charge in [-0.2, -0.15) is 0 Å². The summed E-state index contributed by atoms with van der Waals surface area (Å²) in [5.74, 6) is -0.961. The molecule has 1 aromatic rings. The van der Waals surface area contributed by atoms with E-state index in [0.717, 1.165) is 0 Å². The summed E-state index contributed by atoms with van der Waals surface area (Å²) in [6.07, 6.45) is 0. The number of hydrogen-bond acceptors (Lipinski definition) is 2. The Morgan fingerprint density at radius 1 is 0.955 bits per heavy atom. The van der Waals surface area contributed by atoms with Gasteiger partial charge in [-0.1, -0.05) is 0 Å². The smallest absolute Gasteiger partial charge is 0.279 e. The Bertz CT molecular complexity index is 554. The van der Waals surface area contributed by atoms with Crippen molar-refractivity contribution in [3.63, 3.8) is 0 Å². The van der Waals surface area contributed by atoms with Crippen LogP contribution in [0, 0.1) is 5.82 Å². The fourth-order valence-electron chi connectivity index (χ4n) is 1.84. The molecule has 5 nitrogen and oxygen atoms in total. The van der Waals surface area contributed by atoms with Gasteiger partial charge in [0.1, 0.15) is 5.82 Å². The molecule has 0 aliphatic carbocycles. The molecule has 0 heterocycles. The van der Waals surface area contributed by atoms with E-state index in [1.54, 1.807) is 0 Å². The zero-order valence-electron chi connectivity index (χ0n) is 14.0. The molecule has 0 spiro atoms. The van der Waals surface area contributed by atoms with Crippen LogP contribution in [0.4, 0.5) is 4.39 Å². The third-order valence-electron chi connectivity index (χ3n) is 2.35. The van der Waals surface area contributed by atoms with E-state index in [0.29, 0.717) is 0 Å². The third-order valence-corrected chi connectivity index (χ3v) is 4.84. The third kappa shape index (κ3) is 6.69. The van der Waals surface area contributed by atoms with E-state index in [4.69, 9.17) is 0 Å². The van der Waals surface area contributed by atoms with Gasteiger partial charge >= 0.3 is 7.59 Å². The van der Waals surface area contributed by atoms with Gasteiger partial charge in [-0.05, 0) is 65.8 Å². The van der Waals surface area contributed by atoms with Crippen LogP contribution in [0.1, 0.15) is 51.9 Å². The molecule has 0 saturated carbocycles. The average molecular weight is 329 g/mol. The molecule has 0 atom stereocenters. The molecular formula is C15H25FN3O2P. The molecule has 3 N–H and O–H groups in total. The van der Waals surface area contributed by atoms with Crippen LogP contribution in [0.5, 0.6) is 0 Å². The van der Waals surface area contributed by atoms with E-state index in [9.17, 15) is 13.8 Å². The van der Waals surface area contributed by atoms with Crippen molar-refractivity contribution in [2.45, 2.75) is 52.6 Å². The van der Waals surface area contributed by atoms with Crippen LogP contribution in [0.25, 0.3) is 0 Å². The van der Waals surface area contributed by atoms with E-state index >= 15 is 0 Å². The number of rotatable bonds is 4. The van der Waals surface area contributed by atoms with E-state index in [1.807, 2.05) is 41.5 Å². The van der Waals surface area contributed by atoms with Crippen LogP contribution < -0.4 is 15.3 Å². The highest BCUT2D eigenvalue weighted by Crippen LogP contribution is 2.37. The first-order valence-electron chi connectivity index (χ1n) is 7.07. The minimum Gasteiger partial charge on any atom is -0.279 e. The second kappa shape index (κ2) is 6.49. The molecule has 22 heavy (non-hydrogen) atoms. The number of carbonyl (C=O) groups is 1. The number of nitrogens with one attached hydrogen (secondary N) is 3. The maximum Gasteiger partial charge on any atom is 0.306 e. The van der Waals surface area contributed by atoms with Gasteiger partial charge in [-0.3, -0.25) is 14.4 Å². The van der Waals surface area contributed by atoms with Crippen LogP contribution in [0.2, 0.25) is 0 Å². The predicted molar refractivity (Wildman–Crippen MR) is 87.3 cm³/mol. The number of amides is 1. The lowest BCUT2D eigenvalue weighted by Crippen LogP contribution is -2.48. The highest BCUT2D eigenvalue weighted by atomic mass is 31.2. The molecular weight excluding hydrogens is 304 g/mol. The van der Waals surface area contributed by atoms with Crippen molar-refractivity contribution < 1.29 is 13.8 Å². The van der Waals surface area contributed by atoms with Crippen LogP contribution in [-0.4, -0.2) is 17.0 Å². The lowest BCUT2D eigenvalue weighted by Gasteiger charge is -2.34. The Morgan fingerprint density at radius 2 is 1.36 bits per heavy atom. The molecule has 7 heteroatoms. The predicted octanol–water partition coefficient (Wildman–Crippen LogP) is 3.44. The summed E-state index contributed by atoms with van der Waals surface area (Å²) in [7, 11) is -3.39. The lowest BCUT2D eigenvalue weighted by molar-refractivity contribution is 0.0979. The molecule has 0 saturated heterocycles. The molecule has 0 unspecified atom stereocenters. The van der Waals surface area contributed by atoms with Crippen molar-refractivity contribution in [2.75, 3.05) is 0 Å². The molecule has 0 aliphatic heterocycles. The van der Waals surface area contributed by atoms with Gasteiger partial charge in [-0.25, -0.2) is 14.6 Å². The number of hydrogen-bond donors (Lipinski definition) is 3. The summed E-state index contributed by atoms with van der Waals surface area (Å²) >= 11 is 0. The van der Waals surface area contributed by atoms with E-state index < -0.39 is 30.4 Å². The summed E-state index contributed by atoms with van der Waals surface area (Å²) in [6, 6.07) is 5.08. The SMILES string of the molecule is CC(C)(C)NP(=O)(NC(=O)c1ccc(F)cc1)NC(C)(C)C. The molecule has 0 aliphatic rings. The number of benzene rings is 1. The van der Waals surface area contributed by atoms with Crippen molar-refractivity contribution in [2.24, 2.45) is 0 Å². The normalized spacial score (nSPS) is 13.0. The molecule has 1 aromatic carbocycles. The minimum absolute atomic E-state index is 0.244. The van der Waals surface area contributed by atoms with Gasteiger partial charge in [0.2, 0.25) is 0 Å². The summed E-state index contributed by atoms with van der Waals surface area (Å²) in [5, 5.41) is 8.39. The Labute approximate surface area is 131 Å². The Hall–Kier alpha value is -1.23. The van der Waals surface area contributed by atoms with Gasteiger partial charge in [0.25, 0.3) is 5.91 Å². The molecule has 0 radical (unpaired) electrons. The van der Waals surface area contributed by atoms with Gasteiger partial charge in [0, 0.05) is 16.6 Å². The highest BCUT2D eigenvalue weighted by Gasteiger charge is 2.33. The van der Waals surface area contributed by atoms with Gasteiger partial charge in [0.05, 0.1) is 0 Å². The monoisotopic (exact) mass is 329 g/mol. The fourth-order valence-corrected chi connectivity index (χ4v) is 4.31. The molecule has 0 bridgehead atoms. The molecule has 124 valence electrons. The first-order valence-corrected chi connectivity index (χ1v) is 8.77. The first-order chi connectivity index (χ1) is 9.80. The van der Waals surface area contributed by atoms with Crippen molar-refractivity contribution in [3.05, 3.63) is 35.6 Å². The molecule has 1 rings (SSSR count). The van der Waals surface area contributed by atoms with Crippen LogP contribution in [-0.2, 0) is 4.57 Å². The van der Waals surface area contributed by atoms with Crippen molar-refractivity contribution in [3.8, 4) is 0 Å². The summed E-state index contributed by atoms with van der Waals surface area (Å²) in [6.45, 7) is 11.1. The zero-order chi connectivity index (χ0) is 17.2. The van der Waals surface area contributed by atoms with Gasteiger partial charge in [0.15, 0.2) is 0 Å². The van der Waals surface area contributed by atoms with Crippen molar-refractivity contribution in [1.82, 2.24) is 15.3 Å². The second-order valence-corrected chi connectivity index (χ2v) is 9.17. The topological polar surface area (TPSA) is 70.2 Å². The van der Waals surface area contributed by atoms with Crippen molar-refractivity contribution in [1.29, 1.82) is 0 Å². The number of carbonyl (C=O) groups excluding carboxylic acids is 1. The largest absolute Gasteiger partial charge is 0.306 e. The molecule has 0 fully saturated rings.